The Morgan fingerprint density at radius 3 is 2.16 bits per heavy atom. The van der Waals surface area contributed by atoms with Crippen molar-refractivity contribution in [1.29, 1.82) is 0 Å². The average molecular weight is 563 g/mol. The summed E-state index contributed by atoms with van der Waals surface area (Å²) in [6.07, 6.45) is 0. The first-order valence-corrected chi connectivity index (χ1v) is 13.9. The van der Waals surface area contributed by atoms with E-state index in [0.717, 1.165) is 4.31 Å². The third-order valence-electron chi connectivity index (χ3n) is 5.57. The van der Waals surface area contributed by atoms with Gasteiger partial charge in [-0.15, -0.1) is 0 Å². The van der Waals surface area contributed by atoms with Gasteiger partial charge in [-0.3, -0.25) is 13.9 Å². The van der Waals surface area contributed by atoms with E-state index in [1.807, 2.05) is 13.8 Å². The van der Waals surface area contributed by atoms with Gasteiger partial charge in [0.25, 0.3) is 10.0 Å². The number of anilines is 1. The number of hydrogen-bond acceptors (Lipinski definition) is 4. The van der Waals surface area contributed by atoms with Gasteiger partial charge in [-0.25, -0.2) is 8.42 Å². The van der Waals surface area contributed by atoms with Gasteiger partial charge in [0.15, 0.2) is 0 Å². The number of benzene rings is 3. The van der Waals surface area contributed by atoms with Crippen molar-refractivity contribution in [3.05, 3.63) is 94.5 Å². The molecule has 0 heterocycles. The van der Waals surface area contributed by atoms with Crippen molar-refractivity contribution >= 4 is 50.7 Å². The lowest BCUT2D eigenvalue weighted by Crippen LogP contribution is -2.52. The highest BCUT2D eigenvalue weighted by atomic mass is 35.5. The molecule has 0 saturated heterocycles. The number of nitrogens with one attached hydrogen (secondary N) is 1. The Morgan fingerprint density at radius 2 is 1.54 bits per heavy atom. The van der Waals surface area contributed by atoms with Gasteiger partial charge in [-0.05, 0) is 62.7 Å². The van der Waals surface area contributed by atoms with E-state index in [9.17, 15) is 18.0 Å². The van der Waals surface area contributed by atoms with Crippen molar-refractivity contribution in [3.8, 4) is 0 Å². The Balaban J connectivity index is 2.03. The predicted octanol–water partition coefficient (Wildman–Crippen LogP) is 5.13. The maximum Gasteiger partial charge on any atom is 0.264 e. The largest absolute Gasteiger partial charge is 0.352 e. The van der Waals surface area contributed by atoms with E-state index in [2.05, 4.69) is 5.32 Å². The summed E-state index contributed by atoms with van der Waals surface area (Å²) >= 11 is 12.5. The molecule has 0 aliphatic carbocycles. The number of sulfonamides is 1. The van der Waals surface area contributed by atoms with Crippen molar-refractivity contribution in [2.75, 3.05) is 10.8 Å². The fourth-order valence-corrected chi connectivity index (χ4v) is 5.66. The van der Waals surface area contributed by atoms with Gasteiger partial charge in [0, 0.05) is 17.6 Å². The molecule has 37 heavy (non-hydrogen) atoms. The Morgan fingerprint density at radius 1 is 0.892 bits per heavy atom. The van der Waals surface area contributed by atoms with Crippen molar-refractivity contribution in [2.24, 2.45) is 0 Å². The minimum absolute atomic E-state index is 0.00899. The molecule has 0 unspecified atom stereocenters. The van der Waals surface area contributed by atoms with E-state index in [0.29, 0.717) is 10.6 Å². The van der Waals surface area contributed by atoms with Gasteiger partial charge in [0.2, 0.25) is 11.8 Å². The molecule has 2 amide bonds. The predicted molar refractivity (Wildman–Crippen MR) is 147 cm³/mol. The van der Waals surface area contributed by atoms with Crippen LogP contribution in [0.15, 0.2) is 83.8 Å². The van der Waals surface area contributed by atoms with Crippen molar-refractivity contribution in [2.45, 2.75) is 44.3 Å². The molecule has 0 fully saturated rings. The summed E-state index contributed by atoms with van der Waals surface area (Å²) in [7, 11) is -4.17. The van der Waals surface area contributed by atoms with Crippen LogP contribution in [0.3, 0.4) is 0 Å². The Kier molecular flexibility index (Phi) is 9.59. The highest BCUT2D eigenvalue weighted by Gasteiger charge is 2.33. The Bertz CT molecular complexity index is 1350. The second-order valence-corrected chi connectivity index (χ2v) is 11.5. The van der Waals surface area contributed by atoms with Crippen LogP contribution in [-0.4, -0.2) is 43.8 Å². The van der Waals surface area contributed by atoms with Gasteiger partial charge in [0.1, 0.15) is 12.6 Å². The van der Waals surface area contributed by atoms with Gasteiger partial charge < -0.3 is 10.2 Å². The van der Waals surface area contributed by atoms with Crippen LogP contribution in [0, 0.1) is 0 Å². The van der Waals surface area contributed by atoms with E-state index in [-0.39, 0.29) is 34.1 Å². The molecule has 0 aliphatic rings. The number of halogens is 2. The highest BCUT2D eigenvalue weighted by Crippen LogP contribution is 2.30. The van der Waals surface area contributed by atoms with Crippen LogP contribution in [0.25, 0.3) is 0 Å². The number of amides is 2. The third kappa shape index (κ3) is 7.25. The summed E-state index contributed by atoms with van der Waals surface area (Å²) in [6, 6.07) is 20.1. The Hall–Kier alpha value is -3.07. The van der Waals surface area contributed by atoms with E-state index in [1.165, 1.54) is 23.1 Å². The topological polar surface area (TPSA) is 86.8 Å². The summed E-state index contributed by atoms with van der Waals surface area (Å²) in [5.41, 5.74) is 0.851. The van der Waals surface area contributed by atoms with Crippen molar-refractivity contribution in [3.63, 3.8) is 0 Å². The number of carbonyl (C=O) groups is 2. The first-order valence-electron chi connectivity index (χ1n) is 11.7. The van der Waals surface area contributed by atoms with Crippen molar-refractivity contribution in [1.82, 2.24) is 10.2 Å². The highest BCUT2D eigenvalue weighted by molar-refractivity contribution is 7.92. The zero-order chi connectivity index (χ0) is 27.2. The van der Waals surface area contributed by atoms with Gasteiger partial charge in [0.05, 0.1) is 15.6 Å². The standard InChI is InChI=1S/C27H29Cl2N3O4S/c1-19(2)30-27(34)20(3)31(17-21-10-9-11-22(28)16-21)26(33)18-32(25-15-8-7-14-24(25)29)37(35,36)23-12-5-4-6-13-23/h4-16,19-20H,17-18H2,1-3H3,(H,30,34)/t20-/m0/s1. The van der Waals surface area contributed by atoms with Crippen LogP contribution >= 0.6 is 23.2 Å². The molecule has 3 rings (SSSR count). The molecule has 10 heteroatoms. The molecule has 0 aromatic heterocycles. The number of para-hydroxylation sites is 1. The summed E-state index contributed by atoms with van der Waals surface area (Å²) in [5, 5.41) is 3.46. The molecule has 7 nitrogen and oxygen atoms in total. The lowest BCUT2D eigenvalue weighted by Gasteiger charge is -2.32. The van der Waals surface area contributed by atoms with Crippen LogP contribution in [0.4, 0.5) is 5.69 Å². The summed E-state index contributed by atoms with van der Waals surface area (Å²) in [5.74, 6) is -0.939. The number of hydrogen-bond donors (Lipinski definition) is 1. The fraction of sp³-hybridized carbons (Fsp3) is 0.259. The normalized spacial score (nSPS) is 12.2. The smallest absolute Gasteiger partial charge is 0.264 e. The number of rotatable bonds is 10. The summed E-state index contributed by atoms with van der Waals surface area (Å²) < 4.78 is 28.4. The van der Waals surface area contributed by atoms with Crippen molar-refractivity contribution < 1.29 is 18.0 Å². The molecule has 1 N–H and O–H groups in total. The molecular weight excluding hydrogens is 533 g/mol. The molecule has 3 aromatic rings. The van der Waals surface area contributed by atoms with Crippen LogP contribution in [0.1, 0.15) is 26.3 Å². The van der Waals surface area contributed by atoms with Gasteiger partial charge in [-0.2, -0.15) is 0 Å². The second kappa shape index (κ2) is 12.4. The van der Waals surface area contributed by atoms with E-state index >= 15 is 0 Å². The van der Waals surface area contributed by atoms with Crippen LogP contribution in [0.5, 0.6) is 0 Å². The number of carbonyl (C=O) groups excluding carboxylic acids is 2. The zero-order valence-electron chi connectivity index (χ0n) is 20.8. The van der Waals surface area contributed by atoms with Crippen LogP contribution < -0.4 is 9.62 Å². The molecule has 0 spiro atoms. The molecule has 0 saturated carbocycles. The lowest BCUT2D eigenvalue weighted by atomic mass is 10.1. The maximum atomic E-state index is 13.8. The quantitative estimate of drug-likeness (QED) is 0.371. The molecular formula is C27H29Cl2N3O4S. The lowest BCUT2D eigenvalue weighted by molar-refractivity contribution is -0.139. The average Bonchev–Trinajstić information content (AvgIpc) is 2.86. The SMILES string of the molecule is CC(C)NC(=O)[C@H](C)N(Cc1cccc(Cl)c1)C(=O)CN(c1ccccc1Cl)S(=O)(=O)c1ccccc1. The number of nitrogens with zero attached hydrogens (tertiary/aromatic N) is 2. The fourth-order valence-electron chi connectivity index (χ4n) is 3.71. The maximum absolute atomic E-state index is 13.8. The molecule has 0 aliphatic heterocycles. The van der Waals surface area contributed by atoms with E-state index in [4.69, 9.17) is 23.2 Å². The van der Waals surface area contributed by atoms with Crippen LogP contribution in [0.2, 0.25) is 10.0 Å². The minimum atomic E-state index is -4.17. The molecule has 0 bridgehead atoms. The molecule has 1 atom stereocenters. The van der Waals surface area contributed by atoms with Gasteiger partial charge in [-0.1, -0.05) is 65.7 Å². The first kappa shape index (κ1) is 28.5. The summed E-state index contributed by atoms with van der Waals surface area (Å²) in [4.78, 5) is 28.1. The van der Waals surface area contributed by atoms with Crippen LogP contribution in [-0.2, 0) is 26.2 Å². The first-order chi connectivity index (χ1) is 17.5. The molecule has 3 aromatic carbocycles. The Labute approximate surface area is 228 Å². The second-order valence-electron chi connectivity index (χ2n) is 8.77. The van der Waals surface area contributed by atoms with Gasteiger partial charge >= 0.3 is 0 Å². The third-order valence-corrected chi connectivity index (χ3v) is 7.90. The molecule has 0 radical (unpaired) electrons. The summed E-state index contributed by atoms with van der Waals surface area (Å²) in [6.45, 7) is 4.72. The van der Waals surface area contributed by atoms with E-state index in [1.54, 1.807) is 67.6 Å². The van der Waals surface area contributed by atoms with E-state index < -0.39 is 28.5 Å². The zero-order valence-corrected chi connectivity index (χ0v) is 23.1. The monoisotopic (exact) mass is 561 g/mol. The minimum Gasteiger partial charge on any atom is -0.352 e. The molecule has 196 valence electrons.